The molecule has 1 aliphatic heterocycles. The molecule has 16 heavy (non-hydrogen) atoms. The smallest absolute Gasteiger partial charge is 0.147 e. The van der Waals surface area contributed by atoms with Crippen LogP contribution in [-0.4, -0.2) is 16.5 Å². The van der Waals surface area contributed by atoms with E-state index >= 15 is 0 Å². The van der Waals surface area contributed by atoms with E-state index in [0.29, 0.717) is 10.2 Å². The summed E-state index contributed by atoms with van der Waals surface area (Å²) >= 11 is 11.8. The number of hydrogen-bond acceptors (Lipinski definition) is 3. The number of rotatable bonds is 1. The van der Waals surface area contributed by atoms with E-state index in [0.717, 1.165) is 24.9 Å². The molecule has 0 radical (unpaired) electrons. The first-order valence-corrected chi connectivity index (χ1v) is 6.26. The van der Waals surface area contributed by atoms with Gasteiger partial charge in [0.1, 0.15) is 5.15 Å². The summed E-state index contributed by atoms with van der Waals surface area (Å²) in [6.45, 7) is 0.922. The minimum absolute atomic E-state index is 0.213. The van der Waals surface area contributed by atoms with Crippen LogP contribution in [0.2, 0.25) is 10.2 Å². The van der Waals surface area contributed by atoms with Gasteiger partial charge in [-0.05, 0) is 24.5 Å². The Labute approximate surface area is 106 Å². The van der Waals surface area contributed by atoms with Crippen molar-refractivity contribution in [2.75, 3.05) is 6.54 Å². The molecule has 0 aromatic carbocycles. The van der Waals surface area contributed by atoms with Crippen molar-refractivity contribution in [2.45, 2.75) is 31.7 Å². The van der Waals surface area contributed by atoms with Crippen molar-refractivity contribution in [1.29, 1.82) is 0 Å². The van der Waals surface area contributed by atoms with Gasteiger partial charge in [0, 0.05) is 12.7 Å². The maximum atomic E-state index is 6.03. The average Bonchev–Trinajstić information content (AvgIpc) is 2.47. The third-order valence-corrected chi connectivity index (χ3v) is 3.68. The lowest BCUT2D eigenvalue weighted by Crippen LogP contribution is -2.34. The van der Waals surface area contributed by atoms with Crippen molar-refractivity contribution in [1.82, 2.24) is 9.99 Å². The molecule has 1 saturated heterocycles. The van der Waals surface area contributed by atoms with Crippen molar-refractivity contribution in [2.24, 2.45) is 5.84 Å². The highest BCUT2D eigenvalue weighted by Gasteiger charge is 2.20. The number of hydrogen-bond donors (Lipinski definition) is 1. The standard InChI is InChI=1S/C11H15Cl2N3/c12-9-6-8(7-15-11(9)13)10-4-2-1-3-5-16(10)14/h6-7,10H,1-5,14H2/t10-/m0/s1. The van der Waals surface area contributed by atoms with Gasteiger partial charge in [0.25, 0.3) is 0 Å². The van der Waals surface area contributed by atoms with Gasteiger partial charge in [-0.25, -0.2) is 9.99 Å². The highest BCUT2D eigenvalue weighted by molar-refractivity contribution is 6.41. The fraction of sp³-hybridized carbons (Fsp3) is 0.545. The molecule has 88 valence electrons. The predicted molar refractivity (Wildman–Crippen MR) is 66.4 cm³/mol. The first-order valence-electron chi connectivity index (χ1n) is 5.51. The fourth-order valence-corrected chi connectivity index (χ4v) is 2.39. The Balaban J connectivity index is 2.23. The molecule has 3 nitrogen and oxygen atoms in total. The monoisotopic (exact) mass is 259 g/mol. The van der Waals surface area contributed by atoms with Gasteiger partial charge in [0.05, 0.1) is 11.1 Å². The Morgan fingerprint density at radius 1 is 1.31 bits per heavy atom. The third-order valence-electron chi connectivity index (χ3n) is 3.00. The van der Waals surface area contributed by atoms with E-state index in [1.165, 1.54) is 12.8 Å². The fourth-order valence-electron chi connectivity index (χ4n) is 2.11. The van der Waals surface area contributed by atoms with E-state index in [2.05, 4.69) is 4.98 Å². The van der Waals surface area contributed by atoms with Crippen LogP contribution in [0, 0.1) is 0 Å². The van der Waals surface area contributed by atoms with E-state index in [1.807, 2.05) is 11.1 Å². The molecule has 1 aliphatic rings. The summed E-state index contributed by atoms with van der Waals surface area (Å²) in [5.74, 6) is 6.03. The zero-order valence-corrected chi connectivity index (χ0v) is 10.5. The van der Waals surface area contributed by atoms with Crippen LogP contribution in [0.3, 0.4) is 0 Å². The van der Waals surface area contributed by atoms with Crippen LogP contribution in [0.15, 0.2) is 12.3 Å². The number of hydrazine groups is 1. The molecular weight excluding hydrogens is 245 g/mol. The van der Waals surface area contributed by atoms with Crippen molar-refractivity contribution < 1.29 is 0 Å². The molecule has 5 heteroatoms. The molecule has 0 unspecified atom stereocenters. The summed E-state index contributed by atoms with van der Waals surface area (Å²) in [6, 6.07) is 2.08. The van der Waals surface area contributed by atoms with Crippen LogP contribution < -0.4 is 5.84 Å². The maximum Gasteiger partial charge on any atom is 0.147 e. The topological polar surface area (TPSA) is 42.1 Å². The molecule has 2 rings (SSSR count). The molecule has 0 aliphatic carbocycles. The zero-order valence-electron chi connectivity index (χ0n) is 9.00. The number of aromatic nitrogens is 1. The predicted octanol–water partition coefficient (Wildman–Crippen LogP) is 3.18. The number of nitrogens with zero attached hydrogens (tertiary/aromatic N) is 2. The molecule has 0 saturated carbocycles. The Hall–Kier alpha value is -0.350. The normalized spacial score (nSPS) is 23.1. The van der Waals surface area contributed by atoms with Crippen LogP contribution >= 0.6 is 23.2 Å². The van der Waals surface area contributed by atoms with Crippen LogP contribution in [0.1, 0.15) is 37.3 Å². The maximum absolute atomic E-state index is 6.03. The van der Waals surface area contributed by atoms with Crippen LogP contribution in [0.4, 0.5) is 0 Å². The molecule has 0 amide bonds. The molecule has 2 N–H and O–H groups in total. The Bertz CT molecular complexity index is 370. The summed E-state index contributed by atoms with van der Waals surface area (Å²) in [6.07, 6.45) is 6.40. The molecule has 1 aromatic rings. The van der Waals surface area contributed by atoms with E-state index in [-0.39, 0.29) is 6.04 Å². The van der Waals surface area contributed by atoms with Crippen molar-refractivity contribution in [3.05, 3.63) is 28.0 Å². The van der Waals surface area contributed by atoms with Gasteiger partial charge in [0.15, 0.2) is 0 Å². The summed E-state index contributed by atoms with van der Waals surface area (Å²) in [5.41, 5.74) is 1.05. The molecular formula is C11H15Cl2N3. The quantitative estimate of drug-likeness (QED) is 0.623. The van der Waals surface area contributed by atoms with E-state index in [9.17, 15) is 0 Å². The Morgan fingerprint density at radius 3 is 2.88 bits per heavy atom. The summed E-state index contributed by atoms with van der Waals surface area (Å²) in [4.78, 5) is 4.07. The van der Waals surface area contributed by atoms with Gasteiger partial charge in [0.2, 0.25) is 0 Å². The SMILES string of the molecule is NN1CCCCC[C@H]1c1cnc(Cl)c(Cl)c1. The van der Waals surface area contributed by atoms with Gasteiger partial charge in [-0.2, -0.15) is 0 Å². The van der Waals surface area contributed by atoms with Crippen molar-refractivity contribution >= 4 is 23.2 Å². The van der Waals surface area contributed by atoms with Crippen molar-refractivity contribution in [3.8, 4) is 0 Å². The largest absolute Gasteiger partial charge is 0.268 e. The second-order valence-electron chi connectivity index (χ2n) is 4.14. The van der Waals surface area contributed by atoms with Gasteiger partial charge in [-0.3, -0.25) is 5.84 Å². The third kappa shape index (κ3) is 2.66. The Kier molecular flexibility index (Phi) is 4.03. The van der Waals surface area contributed by atoms with Gasteiger partial charge >= 0.3 is 0 Å². The first-order chi connectivity index (χ1) is 7.68. The minimum Gasteiger partial charge on any atom is -0.268 e. The molecule has 1 aromatic heterocycles. The second kappa shape index (κ2) is 5.32. The molecule has 1 atom stereocenters. The summed E-state index contributed by atoms with van der Waals surface area (Å²) in [5, 5.41) is 2.73. The summed E-state index contributed by atoms with van der Waals surface area (Å²) in [7, 11) is 0. The van der Waals surface area contributed by atoms with E-state index in [4.69, 9.17) is 29.0 Å². The molecule has 0 spiro atoms. The average molecular weight is 260 g/mol. The number of halogens is 2. The van der Waals surface area contributed by atoms with E-state index < -0.39 is 0 Å². The van der Waals surface area contributed by atoms with Crippen molar-refractivity contribution in [3.63, 3.8) is 0 Å². The van der Waals surface area contributed by atoms with Gasteiger partial charge in [-0.15, -0.1) is 0 Å². The highest BCUT2D eigenvalue weighted by atomic mass is 35.5. The highest BCUT2D eigenvalue weighted by Crippen LogP contribution is 2.30. The second-order valence-corrected chi connectivity index (χ2v) is 4.91. The molecule has 0 bridgehead atoms. The van der Waals surface area contributed by atoms with Gasteiger partial charge < -0.3 is 0 Å². The lowest BCUT2D eigenvalue weighted by molar-refractivity contribution is 0.206. The van der Waals surface area contributed by atoms with E-state index in [1.54, 1.807) is 6.20 Å². The zero-order chi connectivity index (χ0) is 11.5. The lowest BCUT2D eigenvalue weighted by Gasteiger charge is -2.25. The van der Waals surface area contributed by atoms with Gasteiger partial charge in [-0.1, -0.05) is 36.0 Å². The van der Waals surface area contributed by atoms with Crippen LogP contribution in [0.25, 0.3) is 0 Å². The Morgan fingerprint density at radius 2 is 2.12 bits per heavy atom. The molecule has 1 fully saturated rings. The minimum atomic E-state index is 0.213. The van der Waals surface area contributed by atoms with Crippen LogP contribution in [-0.2, 0) is 0 Å². The molecule has 2 heterocycles. The first kappa shape index (κ1) is 12.1. The van der Waals surface area contributed by atoms with Crippen LogP contribution in [0.5, 0.6) is 0 Å². The lowest BCUT2D eigenvalue weighted by atomic mass is 10.0. The summed E-state index contributed by atoms with van der Waals surface area (Å²) < 4.78 is 0. The number of pyridine rings is 1. The number of nitrogens with two attached hydrogens (primary N) is 1.